The summed E-state index contributed by atoms with van der Waals surface area (Å²) in [7, 11) is -3.80. The van der Waals surface area contributed by atoms with Crippen molar-refractivity contribution in [2.45, 2.75) is 11.4 Å². The fourth-order valence-electron chi connectivity index (χ4n) is 2.66. The maximum atomic E-state index is 12.7. The minimum atomic E-state index is -3.80. The zero-order valence-corrected chi connectivity index (χ0v) is 15.6. The van der Waals surface area contributed by atoms with Gasteiger partial charge in [-0.05, 0) is 36.4 Å². The Labute approximate surface area is 162 Å². The molecule has 28 heavy (non-hydrogen) atoms. The number of hydrogen-bond acceptors (Lipinski definition) is 6. The molecule has 8 heteroatoms. The Kier molecular flexibility index (Phi) is 4.86. The molecule has 0 aliphatic heterocycles. The lowest BCUT2D eigenvalue weighted by Crippen LogP contribution is -2.16. The van der Waals surface area contributed by atoms with E-state index in [0.717, 1.165) is 5.69 Å². The third-order valence-corrected chi connectivity index (χ3v) is 5.37. The molecule has 0 unspecified atom stereocenters. The van der Waals surface area contributed by atoms with Gasteiger partial charge in [0.25, 0.3) is 10.0 Å². The number of pyridine rings is 1. The molecule has 4 rings (SSSR count). The van der Waals surface area contributed by atoms with Crippen LogP contribution in [0.3, 0.4) is 0 Å². The third-order valence-electron chi connectivity index (χ3n) is 4.02. The van der Waals surface area contributed by atoms with Crippen molar-refractivity contribution in [3.63, 3.8) is 0 Å². The van der Waals surface area contributed by atoms with E-state index >= 15 is 0 Å². The highest BCUT2D eigenvalue weighted by Gasteiger charge is 2.18. The number of nitrogens with zero attached hydrogens (tertiary/aromatic N) is 3. The lowest BCUT2D eigenvalue weighted by atomic mass is 10.3. The van der Waals surface area contributed by atoms with Crippen molar-refractivity contribution in [1.82, 2.24) is 15.0 Å². The van der Waals surface area contributed by atoms with E-state index in [1.165, 1.54) is 12.1 Å². The molecule has 140 valence electrons. The van der Waals surface area contributed by atoms with Gasteiger partial charge < -0.3 is 5.32 Å². The molecule has 0 radical (unpaired) electrons. The summed E-state index contributed by atoms with van der Waals surface area (Å²) in [5.74, 6) is 0.474. The summed E-state index contributed by atoms with van der Waals surface area (Å²) in [5.41, 5.74) is 2.06. The molecule has 0 saturated carbocycles. The molecule has 2 heterocycles. The van der Waals surface area contributed by atoms with E-state index in [2.05, 4.69) is 25.0 Å². The SMILES string of the molecule is O=S(=O)(Nc1nc2ccccc2nc1NCc1ccccn1)c1ccccc1. The summed E-state index contributed by atoms with van der Waals surface area (Å²) < 4.78 is 28.0. The second kappa shape index (κ2) is 7.61. The van der Waals surface area contributed by atoms with Gasteiger partial charge in [-0.15, -0.1) is 0 Å². The summed E-state index contributed by atoms with van der Waals surface area (Å²) >= 11 is 0. The Morgan fingerprint density at radius 1 is 0.750 bits per heavy atom. The van der Waals surface area contributed by atoms with Gasteiger partial charge in [0.2, 0.25) is 0 Å². The Hall–Kier alpha value is -3.52. The van der Waals surface area contributed by atoms with Crippen molar-refractivity contribution in [2.24, 2.45) is 0 Å². The van der Waals surface area contributed by atoms with Gasteiger partial charge in [-0.25, -0.2) is 18.4 Å². The van der Waals surface area contributed by atoms with Crippen LogP contribution in [-0.4, -0.2) is 23.4 Å². The van der Waals surface area contributed by atoms with E-state index in [0.29, 0.717) is 23.4 Å². The van der Waals surface area contributed by atoms with E-state index in [9.17, 15) is 8.42 Å². The van der Waals surface area contributed by atoms with Crippen LogP contribution < -0.4 is 10.0 Å². The van der Waals surface area contributed by atoms with Gasteiger partial charge in [-0.1, -0.05) is 36.4 Å². The van der Waals surface area contributed by atoms with Crippen molar-refractivity contribution in [3.05, 3.63) is 84.7 Å². The Balaban J connectivity index is 1.71. The van der Waals surface area contributed by atoms with Gasteiger partial charge in [0.15, 0.2) is 11.6 Å². The molecule has 0 aliphatic carbocycles. The molecular formula is C20H17N5O2S. The number of para-hydroxylation sites is 2. The monoisotopic (exact) mass is 391 g/mol. The molecular weight excluding hydrogens is 374 g/mol. The number of fused-ring (bicyclic) bond motifs is 1. The predicted octanol–water partition coefficient (Wildman–Crippen LogP) is 3.44. The number of anilines is 2. The molecule has 0 atom stereocenters. The van der Waals surface area contributed by atoms with Crippen LogP contribution in [0.25, 0.3) is 11.0 Å². The minimum absolute atomic E-state index is 0.137. The lowest BCUT2D eigenvalue weighted by molar-refractivity contribution is 0.601. The van der Waals surface area contributed by atoms with Crippen LogP contribution in [0.1, 0.15) is 5.69 Å². The maximum Gasteiger partial charge on any atom is 0.263 e. The van der Waals surface area contributed by atoms with Gasteiger partial charge >= 0.3 is 0 Å². The molecule has 4 aromatic rings. The summed E-state index contributed by atoms with van der Waals surface area (Å²) in [4.78, 5) is 13.4. The topological polar surface area (TPSA) is 96.9 Å². The molecule has 0 aliphatic rings. The smallest absolute Gasteiger partial charge is 0.263 e. The molecule has 0 spiro atoms. The minimum Gasteiger partial charge on any atom is -0.361 e. The summed E-state index contributed by atoms with van der Waals surface area (Å²) in [6.07, 6.45) is 1.70. The summed E-state index contributed by atoms with van der Waals surface area (Å²) in [6.45, 7) is 0.383. The molecule has 2 N–H and O–H groups in total. The highest BCUT2D eigenvalue weighted by atomic mass is 32.2. The van der Waals surface area contributed by atoms with E-state index in [1.54, 1.807) is 30.5 Å². The van der Waals surface area contributed by atoms with Crippen LogP contribution in [-0.2, 0) is 16.6 Å². The highest BCUT2D eigenvalue weighted by molar-refractivity contribution is 7.92. The van der Waals surface area contributed by atoms with Gasteiger partial charge in [-0.2, -0.15) is 0 Å². The van der Waals surface area contributed by atoms with Gasteiger partial charge in [0.1, 0.15) is 0 Å². The number of sulfonamides is 1. The summed E-state index contributed by atoms with van der Waals surface area (Å²) in [5, 5.41) is 3.13. The zero-order valence-electron chi connectivity index (χ0n) is 14.8. The van der Waals surface area contributed by atoms with Crippen LogP contribution in [0.5, 0.6) is 0 Å². The van der Waals surface area contributed by atoms with Gasteiger partial charge in [-0.3, -0.25) is 9.71 Å². The summed E-state index contributed by atoms with van der Waals surface area (Å²) in [6, 6.07) is 21.0. The van der Waals surface area contributed by atoms with E-state index in [-0.39, 0.29) is 10.7 Å². The van der Waals surface area contributed by atoms with Crippen molar-refractivity contribution >= 4 is 32.7 Å². The van der Waals surface area contributed by atoms with Crippen LogP contribution in [0.15, 0.2) is 83.9 Å². The van der Waals surface area contributed by atoms with Crippen LogP contribution in [0, 0.1) is 0 Å². The second-order valence-electron chi connectivity index (χ2n) is 6.00. The van der Waals surface area contributed by atoms with E-state index in [4.69, 9.17) is 0 Å². The van der Waals surface area contributed by atoms with Crippen LogP contribution in [0.2, 0.25) is 0 Å². The molecule has 2 aromatic heterocycles. The average Bonchev–Trinajstić information content (AvgIpc) is 2.73. The van der Waals surface area contributed by atoms with E-state index < -0.39 is 10.0 Å². The first kappa shape index (κ1) is 17.9. The van der Waals surface area contributed by atoms with Gasteiger partial charge in [0.05, 0.1) is 28.2 Å². The van der Waals surface area contributed by atoms with Crippen LogP contribution >= 0.6 is 0 Å². The molecule has 7 nitrogen and oxygen atoms in total. The Morgan fingerprint density at radius 3 is 2.07 bits per heavy atom. The highest BCUT2D eigenvalue weighted by Crippen LogP contribution is 2.24. The normalized spacial score (nSPS) is 11.3. The fourth-order valence-corrected chi connectivity index (χ4v) is 3.69. The number of rotatable bonds is 6. The number of aromatic nitrogens is 3. The first-order valence-corrected chi connectivity index (χ1v) is 10.1. The van der Waals surface area contributed by atoms with E-state index in [1.807, 2.05) is 36.4 Å². The quantitative estimate of drug-likeness (QED) is 0.523. The van der Waals surface area contributed by atoms with Crippen molar-refractivity contribution in [2.75, 3.05) is 10.0 Å². The number of hydrogen-bond donors (Lipinski definition) is 2. The van der Waals surface area contributed by atoms with Crippen molar-refractivity contribution < 1.29 is 8.42 Å². The second-order valence-corrected chi connectivity index (χ2v) is 7.69. The largest absolute Gasteiger partial charge is 0.361 e. The van der Waals surface area contributed by atoms with Crippen molar-refractivity contribution in [3.8, 4) is 0 Å². The molecule has 0 saturated heterocycles. The lowest BCUT2D eigenvalue weighted by Gasteiger charge is -2.13. The average molecular weight is 391 g/mol. The van der Waals surface area contributed by atoms with Crippen molar-refractivity contribution in [1.29, 1.82) is 0 Å². The Morgan fingerprint density at radius 2 is 1.39 bits per heavy atom. The molecule has 0 bridgehead atoms. The fraction of sp³-hybridized carbons (Fsp3) is 0.0500. The first-order valence-electron chi connectivity index (χ1n) is 8.60. The molecule has 2 aromatic carbocycles. The number of nitrogens with one attached hydrogen (secondary N) is 2. The standard InChI is InChI=1S/C20H17N5O2S/c26-28(27,16-9-2-1-3-10-16)25-20-19(22-14-15-8-6-7-13-21-15)23-17-11-4-5-12-18(17)24-20/h1-13H,14H2,(H,22,23)(H,24,25). The van der Waals surface area contributed by atoms with Gasteiger partial charge in [0, 0.05) is 6.20 Å². The van der Waals surface area contributed by atoms with Crippen LogP contribution in [0.4, 0.5) is 11.6 Å². The maximum absolute atomic E-state index is 12.7. The number of benzene rings is 2. The first-order chi connectivity index (χ1) is 13.6. The molecule has 0 fully saturated rings. The Bertz CT molecular complexity index is 1200. The molecule has 0 amide bonds. The zero-order chi connectivity index (χ0) is 19.4. The predicted molar refractivity (Wildman–Crippen MR) is 108 cm³/mol. The third kappa shape index (κ3) is 3.91.